The van der Waals surface area contributed by atoms with Gasteiger partial charge < -0.3 is 5.32 Å². The maximum absolute atomic E-state index is 12.4. The summed E-state index contributed by atoms with van der Waals surface area (Å²) < 4.78 is 0. The van der Waals surface area contributed by atoms with Crippen LogP contribution in [-0.4, -0.2) is 15.9 Å². The van der Waals surface area contributed by atoms with E-state index >= 15 is 0 Å². The number of carbonyl (C=O) groups is 1. The van der Waals surface area contributed by atoms with Crippen molar-refractivity contribution in [1.82, 2.24) is 5.32 Å². The molecule has 1 heterocycles. The van der Waals surface area contributed by atoms with Crippen LogP contribution in [0.2, 0.25) is 0 Å². The van der Waals surface area contributed by atoms with Crippen LogP contribution in [0.25, 0.3) is 0 Å². The molecule has 1 amide bonds. The van der Waals surface area contributed by atoms with Crippen molar-refractivity contribution in [3.05, 3.63) is 55.4 Å². The number of thiophene rings is 1. The molecule has 9 heteroatoms. The van der Waals surface area contributed by atoms with Crippen LogP contribution in [0.5, 0.6) is 0 Å². The maximum atomic E-state index is 12.4. The summed E-state index contributed by atoms with van der Waals surface area (Å²) in [4.78, 5) is 24.0. The molecular formula is C19H18N4O3S2. The number of fused-ring (bicyclic) bond motifs is 1. The minimum atomic E-state index is -0.493. The van der Waals surface area contributed by atoms with Gasteiger partial charge in [0.05, 0.1) is 10.5 Å². The van der Waals surface area contributed by atoms with E-state index in [-0.39, 0.29) is 16.4 Å². The first kappa shape index (κ1) is 19.9. The van der Waals surface area contributed by atoms with Gasteiger partial charge in [-0.05, 0) is 62.5 Å². The van der Waals surface area contributed by atoms with Gasteiger partial charge in [0.2, 0.25) is 0 Å². The van der Waals surface area contributed by atoms with Crippen LogP contribution in [-0.2, 0) is 12.8 Å². The smallest absolute Gasteiger partial charge is 0.272 e. The number of hydrogen-bond donors (Lipinski definition) is 2. The Morgan fingerprint density at radius 3 is 2.75 bits per heavy atom. The standard InChI is InChI=1S/C19H18N4O3S2/c1-11-9-12(7-8-15(11)23(25)26)17(24)21-19(27)22-18-14(10-20)13-5-3-2-4-6-16(13)28-18/h7-9H,2-6H2,1H3,(H2,21,22,24,27). The van der Waals surface area contributed by atoms with E-state index in [1.165, 1.54) is 34.4 Å². The highest BCUT2D eigenvalue weighted by Gasteiger charge is 2.21. The fourth-order valence-corrected chi connectivity index (χ4v) is 4.76. The fraction of sp³-hybridized carbons (Fsp3) is 0.316. The van der Waals surface area contributed by atoms with Crippen molar-refractivity contribution < 1.29 is 9.72 Å². The normalized spacial score (nSPS) is 13.0. The predicted octanol–water partition coefficient (Wildman–Crippen LogP) is 4.23. The van der Waals surface area contributed by atoms with Gasteiger partial charge in [-0.25, -0.2) is 0 Å². The van der Waals surface area contributed by atoms with Crippen LogP contribution in [0.4, 0.5) is 10.7 Å². The molecule has 7 nitrogen and oxygen atoms in total. The Hall–Kier alpha value is -2.83. The van der Waals surface area contributed by atoms with Crippen molar-refractivity contribution in [3.8, 4) is 6.07 Å². The Balaban J connectivity index is 1.72. The SMILES string of the molecule is Cc1cc(C(=O)NC(=S)Nc2sc3c(c2C#N)CCCCC3)ccc1[N+](=O)[O-]. The molecule has 0 fully saturated rings. The summed E-state index contributed by atoms with van der Waals surface area (Å²) in [6, 6.07) is 6.39. The number of carbonyl (C=O) groups excluding carboxylic acids is 1. The van der Waals surface area contributed by atoms with Gasteiger partial charge in [0.15, 0.2) is 5.11 Å². The Morgan fingerprint density at radius 1 is 1.32 bits per heavy atom. The van der Waals surface area contributed by atoms with Crippen LogP contribution in [0.15, 0.2) is 18.2 Å². The second kappa shape index (κ2) is 8.46. The molecule has 0 saturated heterocycles. The molecule has 0 bridgehead atoms. The van der Waals surface area contributed by atoms with Crippen LogP contribution in [0.3, 0.4) is 0 Å². The third-order valence-corrected chi connectivity index (χ3v) is 6.05. The highest BCUT2D eigenvalue weighted by Crippen LogP contribution is 2.36. The number of anilines is 1. The largest absolute Gasteiger partial charge is 0.323 e. The molecule has 0 radical (unpaired) electrons. The average molecular weight is 415 g/mol. The quantitative estimate of drug-likeness (QED) is 0.337. The van der Waals surface area contributed by atoms with Crippen LogP contribution >= 0.6 is 23.6 Å². The van der Waals surface area contributed by atoms with Crippen LogP contribution in [0, 0.1) is 28.4 Å². The van der Waals surface area contributed by atoms with E-state index in [0.29, 0.717) is 16.1 Å². The molecule has 28 heavy (non-hydrogen) atoms. The molecule has 1 aromatic carbocycles. The predicted molar refractivity (Wildman–Crippen MR) is 112 cm³/mol. The summed E-state index contributed by atoms with van der Waals surface area (Å²) in [6.45, 7) is 1.57. The zero-order chi connectivity index (χ0) is 20.3. The molecule has 1 aliphatic carbocycles. The lowest BCUT2D eigenvalue weighted by Gasteiger charge is -2.09. The molecular weight excluding hydrogens is 396 g/mol. The molecule has 0 spiro atoms. The minimum absolute atomic E-state index is 0.0454. The molecule has 3 rings (SSSR count). The molecule has 144 valence electrons. The number of nitrogens with zero attached hydrogens (tertiary/aromatic N) is 2. The van der Waals surface area contributed by atoms with Crippen LogP contribution in [0.1, 0.15) is 51.2 Å². The summed E-state index contributed by atoms with van der Waals surface area (Å²) >= 11 is 6.74. The highest BCUT2D eigenvalue weighted by atomic mass is 32.1. The lowest BCUT2D eigenvalue weighted by Crippen LogP contribution is -2.34. The van der Waals surface area contributed by atoms with E-state index < -0.39 is 10.8 Å². The fourth-order valence-electron chi connectivity index (χ4n) is 3.26. The minimum Gasteiger partial charge on any atom is -0.323 e. The van der Waals surface area contributed by atoms with E-state index in [9.17, 15) is 20.2 Å². The number of amides is 1. The van der Waals surface area contributed by atoms with Gasteiger partial charge in [-0.3, -0.25) is 20.2 Å². The van der Waals surface area contributed by atoms with Crippen molar-refractivity contribution >= 4 is 45.3 Å². The number of thiocarbonyl (C=S) groups is 1. The summed E-state index contributed by atoms with van der Waals surface area (Å²) in [5, 5.41) is 26.7. The topological polar surface area (TPSA) is 108 Å². The van der Waals surface area contributed by atoms with Crippen molar-refractivity contribution in [1.29, 1.82) is 5.26 Å². The van der Waals surface area contributed by atoms with Crippen molar-refractivity contribution in [2.45, 2.75) is 39.0 Å². The molecule has 2 N–H and O–H groups in total. The molecule has 1 aliphatic rings. The number of nitrogens with one attached hydrogen (secondary N) is 2. The zero-order valence-corrected chi connectivity index (χ0v) is 16.8. The number of nitro groups is 1. The van der Waals surface area contributed by atoms with Gasteiger partial charge in [0, 0.05) is 22.1 Å². The Labute approximate surface area is 171 Å². The summed E-state index contributed by atoms with van der Waals surface area (Å²) in [6.07, 6.45) is 5.18. The average Bonchev–Trinajstić information content (AvgIpc) is 2.80. The maximum Gasteiger partial charge on any atom is 0.272 e. The first-order valence-corrected chi connectivity index (χ1v) is 10.0. The number of nitro benzene ring substituents is 1. The second-order valence-electron chi connectivity index (χ2n) is 6.55. The first-order valence-electron chi connectivity index (χ1n) is 8.82. The number of benzene rings is 1. The van der Waals surface area contributed by atoms with E-state index in [4.69, 9.17) is 12.2 Å². The Kier molecular flexibility index (Phi) is 6.02. The van der Waals surface area contributed by atoms with E-state index in [1.807, 2.05) is 0 Å². The van der Waals surface area contributed by atoms with Crippen LogP contribution < -0.4 is 10.6 Å². The van der Waals surface area contributed by atoms with E-state index in [2.05, 4.69) is 16.7 Å². The number of rotatable bonds is 3. The van der Waals surface area contributed by atoms with Crippen molar-refractivity contribution in [3.63, 3.8) is 0 Å². The molecule has 0 aliphatic heterocycles. The van der Waals surface area contributed by atoms with Gasteiger partial charge in [0.1, 0.15) is 11.1 Å². The number of nitriles is 1. The Bertz CT molecular complexity index is 1010. The van der Waals surface area contributed by atoms with Gasteiger partial charge in [-0.15, -0.1) is 11.3 Å². The molecule has 0 atom stereocenters. The van der Waals surface area contributed by atoms with Gasteiger partial charge in [-0.2, -0.15) is 5.26 Å². The first-order chi connectivity index (χ1) is 13.4. The van der Waals surface area contributed by atoms with Crippen molar-refractivity contribution in [2.75, 3.05) is 5.32 Å². The molecule has 0 saturated carbocycles. The van der Waals surface area contributed by atoms with Gasteiger partial charge in [-0.1, -0.05) is 6.42 Å². The van der Waals surface area contributed by atoms with E-state index in [0.717, 1.165) is 37.7 Å². The third-order valence-electron chi connectivity index (χ3n) is 4.64. The second-order valence-corrected chi connectivity index (χ2v) is 8.06. The number of hydrogen-bond acceptors (Lipinski definition) is 6. The van der Waals surface area contributed by atoms with E-state index in [1.54, 1.807) is 6.92 Å². The van der Waals surface area contributed by atoms with Crippen molar-refractivity contribution in [2.24, 2.45) is 0 Å². The molecule has 2 aromatic rings. The third kappa shape index (κ3) is 4.18. The van der Waals surface area contributed by atoms with Gasteiger partial charge >= 0.3 is 0 Å². The zero-order valence-electron chi connectivity index (χ0n) is 15.2. The molecule has 1 aromatic heterocycles. The van der Waals surface area contributed by atoms with Gasteiger partial charge in [0.25, 0.3) is 11.6 Å². The Morgan fingerprint density at radius 2 is 2.07 bits per heavy atom. The number of aryl methyl sites for hydroxylation is 2. The summed E-state index contributed by atoms with van der Waals surface area (Å²) in [7, 11) is 0. The lowest BCUT2D eigenvalue weighted by atomic mass is 10.1. The highest BCUT2D eigenvalue weighted by molar-refractivity contribution is 7.80. The monoisotopic (exact) mass is 414 g/mol. The summed E-state index contributed by atoms with van der Waals surface area (Å²) in [5.74, 6) is -0.466. The lowest BCUT2D eigenvalue weighted by molar-refractivity contribution is -0.385. The summed E-state index contributed by atoms with van der Waals surface area (Å²) in [5.41, 5.74) is 2.31. The molecule has 0 unspecified atom stereocenters.